The number of rotatable bonds is 0. The number of nitrogens with zero attached hydrogens (tertiary/aromatic N) is 1. The fourth-order valence-corrected chi connectivity index (χ4v) is 4.68. The summed E-state index contributed by atoms with van der Waals surface area (Å²) >= 11 is 0. The van der Waals surface area contributed by atoms with Crippen molar-refractivity contribution in [2.75, 3.05) is 0 Å². The summed E-state index contributed by atoms with van der Waals surface area (Å²) in [5.74, 6) is 0.180. The monoisotopic (exact) mass is 350 g/mol. The molecule has 4 aliphatic heterocycles. The number of hydrogen-bond acceptors (Lipinski definition) is 6. The summed E-state index contributed by atoms with van der Waals surface area (Å²) < 4.78 is 15.8. The van der Waals surface area contributed by atoms with Gasteiger partial charge in [0.25, 0.3) is 0 Å². The van der Waals surface area contributed by atoms with Crippen LogP contribution in [0.1, 0.15) is 33.6 Å². The predicted octanol–water partition coefficient (Wildman–Crippen LogP) is 0.192. The van der Waals surface area contributed by atoms with Gasteiger partial charge in [-0.15, -0.1) is 0 Å². The van der Waals surface area contributed by atoms with Crippen LogP contribution in [-0.2, 0) is 23.8 Å². The van der Waals surface area contributed by atoms with Gasteiger partial charge in [0.05, 0.1) is 36.1 Å². The molecular formula is C17H22N2O6. The van der Waals surface area contributed by atoms with E-state index in [4.69, 9.17) is 14.2 Å². The molecule has 0 aromatic rings. The van der Waals surface area contributed by atoms with Gasteiger partial charge in [-0.2, -0.15) is 0 Å². The van der Waals surface area contributed by atoms with Crippen molar-refractivity contribution in [3.63, 3.8) is 0 Å². The van der Waals surface area contributed by atoms with Crippen molar-refractivity contribution in [1.29, 1.82) is 0 Å². The van der Waals surface area contributed by atoms with Gasteiger partial charge < -0.3 is 19.5 Å². The molecule has 8 atom stereocenters. The summed E-state index contributed by atoms with van der Waals surface area (Å²) in [6.45, 7) is 5.38. The van der Waals surface area contributed by atoms with E-state index >= 15 is 0 Å². The fraction of sp³-hybridized carbons (Fsp3) is 0.824. The molecule has 25 heavy (non-hydrogen) atoms. The molecule has 6 aliphatic rings. The maximum atomic E-state index is 11.9. The highest BCUT2D eigenvalue weighted by Crippen LogP contribution is 2.51. The Bertz CT molecular complexity index is 673. The van der Waals surface area contributed by atoms with E-state index in [0.29, 0.717) is 18.2 Å². The maximum Gasteiger partial charge on any atom is 0.417 e. The molecule has 6 rings (SSSR count). The van der Waals surface area contributed by atoms with Gasteiger partial charge in [-0.05, 0) is 33.6 Å². The molecule has 4 bridgehead atoms. The average molecular weight is 350 g/mol. The van der Waals surface area contributed by atoms with Crippen molar-refractivity contribution >= 4 is 17.9 Å². The Morgan fingerprint density at radius 1 is 1.08 bits per heavy atom. The minimum atomic E-state index is -0.566. The molecule has 2 aliphatic carbocycles. The van der Waals surface area contributed by atoms with Crippen LogP contribution < -0.4 is 5.32 Å². The topological polar surface area (TPSA) is 101 Å². The third kappa shape index (κ3) is 2.30. The summed E-state index contributed by atoms with van der Waals surface area (Å²) in [4.78, 5) is 35.9. The zero-order valence-electron chi connectivity index (χ0n) is 14.4. The van der Waals surface area contributed by atoms with E-state index in [9.17, 15) is 14.4 Å². The lowest BCUT2D eigenvalue weighted by molar-refractivity contribution is -0.132. The van der Waals surface area contributed by atoms with Gasteiger partial charge in [-0.1, -0.05) is 0 Å². The zero-order chi connectivity index (χ0) is 17.7. The van der Waals surface area contributed by atoms with E-state index in [1.807, 2.05) is 0 Å². The zero-order valence-corrected chi connectivity index (χ0v) is 14.4. The molecule has 0 spiro atoms. The molecule has 4 heterocycles. The van der Waals surface area contributed by atoms with Gasteiger partial charge in [0.1, 0.15) is 17.8 Å². The first kappa shape index (κ1) is 15.6. The third-order valence-corrected chi connectivity index (χ3v) is 5.84. The lowest BCUT2D eigenvalue weighted by Gasteiger charge is -2.27. The van der Waals surface area contributed by atoms with E-state index in [1.54, 1.807) is 20.8 Å². The molecule has 3 amide bonds. The molecule has 6 fully saturated rings. The Hall–Kier alpha value is -1.67. The quantitative estimate of drug-likeness (QED) is 0.626. The molecule has 0 radical (unpaired) electrons. The summed E-state index contributed by atoms with van der Waals surface area (Å²) in [5.41, 5.74) is -0.566. The van der Waals surface area contributed by atoms with Crippen molar-refractivity contribution in [2.24, 2.45) is 11.8 Å². The number of carbonyl (C=O) groups is 3. The number of amides is 3. The minimum Gasteiger partial charge on any atom is -0.443 e. The highest BCUT2D eigenvalue weighted by molar-refractivity contribution is 5.97. The van der Waals surface area contributed by atoms with Crippen LogP contribution in [0, 0.1) is 11.8 Å². The standard InChI is InChI=1S/C11H15NO4.C6H7NO2/c1-11(2,3)16-10(14)12-6-4-5(9(12)13)7-8(6)15-7;8-6-2-1-3(7-6)5-4(2)9-5/h5-8H,4H2,1-3H3;2-5H,1H2,(H,7,8)/t5-,6+,7?,8?;2-,3+,4?,5?/m00/s1. The van der Waals surface area contributed by atoms with Crippen LogP contribution in [0.2, 0.25) is 0 Å². The molecule has 136 valence electrons. The van der Waals surface area contributed by atoms with Gasteiger partial charge in [0.2, 0.25) is 11.8 Å². The maximum absolute atomic E-state index is 11.9. The number of fused-ring (bicyclic) bond motifs is 10. The van der Waals surface area contributed by atoms with E-state index in [0.717, 1.165) is 12.8 Å². The van der Waals surface area contributed by atoms with E-state index < -0.39 is 11.7 Å². The summed E-state index contributed by atoms with van der Waals surface area (Å²) in [6, 6.07) is 0.282. The first-order chi connectivity index (χ1) is 11.7. The Balaban J connectivity index is 0.000000130. The highest BCUT2D eigenvalue weighted by Gasteiger charge is 2.68. The van der Waals surface area contributed by atoms with Gasteiger partial charge in [-0.3, -0.25) is 9.59 Å². The van der Waals surface area contributed by atoms with Crippen LogP contribution in [0.5, 0.6) is 0 Å². The van der Waals surface area contributed by atoms with Crippen molar-refractivity contribution in [2.45, 2.75) is 75.7 Å². The smallest absolute Gasteiger partial charge is 0.417 e. The number of imide groups is 1. The van der Waals surface area contributed by atoms with Crippen LogP contribution in [-0.4, -0.2) is 64.9 Å². The van der Waals surface area contributed by atoms with Crippen LogP contribution in [0.4, 0.5) is 4.79 Å². The van der Waals surface area contributed by atoms with Crippen LogP contribution in [0.3, 0.4) is 0 Å². The molecule has 0 aromatic carbocycles. The van der Waals surface area contributed by atoms with E-state index in [-0.39, 0.29) is 41.9 Å². The molecule has 8 heteroatoms. The number of likely N-dealkylation sites (tertiary alicyclic amines) is 1. The fourth-order valence-electron chi connectivity index (χ4n) is 4.68. The number of hydrogen-bond donors (Lipinski definition) is 1. The second-order valence-electron chi connectivity index (χ2n) is 8.69. The molecule has 0 aromatic heterocycles. The Morgan fingerprint density at radius 3 is 2.32 bits per heavy atom. The van der Waals surface area contributed by atoms with E-state index in [2.05, 4.69) is 5.32 Å². The normalized spacial score (nSPS) is 46.9. The first-order valence-corrected chi connectivity index (χ1v) is 8.92. The van der Waals surface area contributed by atoms with Crippen molar-refractivity contribution in [3.8, 4) is 0 Å². The Morgan fingerprint density at radius 2 is 1.76 bits per heavy atom. The van der Waals surface area contributed by atoms with Gasteiger partial charge in [0.15, 0.2) is 0 Å². The number of epoxide rings is 2. The predicted molar refractivity (Wildman–Crippen MR) is 82.3 cm³/mol. The molecule has 1 N–H and O–H groups in total. The number of carbonyl (C=O) groups excluding carboxylic acids is 3. The molecule has 4 unspecified atom stereocenters. The molecule has 8 nitrogen and oxygen atoms in total. The molecular weight excluding hydrogens is 328 g/mol. The van der Waals surface area contributed by atoms with Gasteiger partial charge in [0, 0.05) is 0 Å². The summed E-state index contributed by atoms with van der Waals surface area (Å²) in [5, 5.41) is 2.88. The van der Waals surface area contributed by atoms with Gasteiger partial charge >= 0.3 is 6.09 Å². The largest absolute Gasteiger partial charge is 0.443 e. The number of piperidine rings is 2. The molecule has 4 saturated heterocycles. The van der Waals surface area contributed by atoms with Crippen LogP contribution >= 0.6 is 0 Å². The number of ether oxygens (including phenoxy) is 3. The van der Waals surface area contributed by atoms with Gasteiger partial charge in [-0.25, -0.2) is 9.69 Å². The summed E-state index contributed by atoms with van der Waals surface area (Å²) in [7, 11) is 0. The van der Waals surface area contributed by atoms with Crippen LogP contribution in [0.25, 0.3) is 0 Å². The number of nitrogens with one attached hydrogen (secondary N) is 1. The second kappa shape index (κ2) is 4.73. The van der Waals surface area contributed by atoms with Crippen molar-refractivity contribution in [3.05, 3.63) is 0 Å². The Kier molecular flexibility index (Phi) is 2.95. The lowest BCUT2D eigenvalue weighted by atomic mass is 10.1. The first-order valence-electron chi connectivity index (χ1n) is 8.92. The average Bonchev–Trinajstić information content (AvgIpc) is 3.35. The Labute approximate surface area is 145 Å². The third-order valence-electron chi connectivity index (χ3n) is 5.84. The molecule has 2 saturated carbocycles. The lowest BCUT2D eigenvalue weighted by Crippen LogP contribution is -2.47. The highest BCUT2D eigenvalue weighted by atomic mass is 16.6. The van der Waals surface area contributed by atoms with E-state index in [1.165, 1.54) is 4.90 Å². The summed E-state index contributed by atoms with van der Waals surface area (Å²) in [6.07, 6.45) is 2.10. The van der Waals surface area contributed by atoms with Crippen LogP contribution in [0.15, 0.2) is 0 Å². The van der Waals surface area contributed by atoms with Crippen molar-refractivity contribution in [1.82, 2.24) is 10.2 Å². The SMILES string of the molecule is CC(C)(C)OC(=O)N1C(=O)[C@H]2C[C@@H]1C1OC12.O=C1N[C@@H]2C[C@H]1C1OC12. The van der Waals surface area contributed by atoms with Crippen molar-refractivity contribution < 1.29 is 28.6 Å². The minimum absolute atomic E-state index is 0.0789. The second-order valence-corrected chi connectivity index (χ2v) is 8.69.